The first-order valence-electron chi connectivity index (χ1n) is 5.52. The van der Waals surface area contributed by atoms with Crippen LogP contribution in [0.5, 0.6) is 0 Å². The molecule has 0 saturated heterocycles. The highest BCUT2D eigenvalue weighted by atomic mass is 16.4. The molecule has 0 amide bonds. The van der Waals surface area contributed by atoms with Crippen molar-refractivity contribution >= 4 is 23.1 Å². The van der Waals surface area contributed by atoms with Crippen molar-refractivity contribution in [3.05, 3.63) is 42.6 Å². The number of carbonyl (C=O) groups is 1. The third-order valence-corrected chi connectivity index (χ3v) is 2.66. The Kier molecular flexibility index (Phi) is 2.60. The van der Waals surface area contributed by atoms with Gasteiger partial charge in [-0.3, -0.25) is 0 Å². The Bertz CT molecular complexity index is 757. The van der Waals surface area contributed by atoms with E-state index in [1.165, 1.54) is 12.4 Å². The van der Waals surface area contributed by atoms with Crippen LogP contribution in [0, 0.1) is 0 Å². The molecule has 6 nitrogen and oxygen atoms in total. The first-order chi connectivity index (χ1) is 9.25. The summed E-state index contributed by atoms with van der Waals surface area (Å²) in [5.74, 6) is -0.400. The first-order valence-corrected chi connectivity index (χ1v) is 5.52. The summed E-state index contributed by atoms with van der Waals surface area (Å²) in [6.45, 7) is 0. The number of hydrogen-bond donors (Lipinski definition) is 2. The summed E-state index contributed by atoms with van der Waals surface area (Å²) >= 11 is 0. The molecule has 19 heavy (non-hydrogen) atoms. The van der Waals surface area contributed by atoms with Gasteiger partial charge in [0.15, 0.2) is 5.76 Å². The third kappa shape index (κ3) is 1.99. The second kappa shape index (κ2) is 4.41. The number of aromatic nitrogens is 3. The van der Waals surface area contributed by atoms with Gasteiger partial charge in [0.2, 0.25) is 0 Å². The lowest BCUT2D eigenvalue weighted by molar-refractivity contribution is -0.131. The zero-order valence-electron chi connectivity index (χ0n) is 9.70. The molecule has 0 radical (unpaired) electrons. The van der Waals surface area contributed by atoms with E-state index in [-0.39, 0.29) is 0 Å². The fourth-order valence-electron chi connectivity index (χ4n) is 1.88. The number of rotatable bonds is 3. The van der Waals surface area contributed by atoms with Crippen LogP contribution < -0.4 is 0 Å². The van der Waals surface area contributed by atoms with E-state index >= 15 is 0 Å². The molecule has 94 valence electrons. The number of aromatic amines is 1. The first kappa shape index (κ1) is 11.2. The van der Waals surface area contributed by atoms with Crippen molar-refractivity contribution in [3.63, 3.8) is 0 Å². The summed E-state index contributed by atoms with van der Waals surface area (Å²) in [5.41, 5.74) is 1.96. The number of H-pyrrole nitrogens is 1. The van der Waals surface area contributed by atoms with Crippen LogP contribution in [0.25, 0.3) is 28.6 Å². The second-order valence-corrected chi connectivity index (χ2v) is 3.84. The molecule has 0 atom stereocenters. The summed E-state index contributed by atoms with van der Waals surface area (Å²) in [6.07, 6.45) is 7.24. The summed E-state index contributed by atoms with van der Waals surface area (Å²) in [5, 5.41) is 9.42. The molecule has 0 saturated carbocycles. The molecule has 3 rings (SSSR count). The van der Waals surface area contributed by atoms with Gasteiger partial charge >= 0.3 is 5.97 Å². The lowest BCUT2D eigenvalue weighted by atomic mass is 10.1. The molecular formula is C13H9N3O3. The minimum absolute atomic E-state index is 0.608. The molecule has 6 heteroatoms. The molecule has 3 aromatic rings. The maximum atomic E-state index is 10.6. The molecule has 0 aromatic carbocycles. The van der Waals surface area contributed by atoms with Gasteiger partial charge in [0.05, 0.1) is 11.6 Å². The molecule has 0 bridgehead atoms. The van der Waals surface area contributed by atoms with Crippen LogP contribution in [-0.4, -0.2) is 26.0 Å². The van der Waals surface area contributed by atoms with Crippen molar-refractivity contribution in [2.45, 2.75) is 0 Å². The Morgan fingerprint density at radius 1 is 1.42 bits per heavy atom. The Hall–Kier alpha value is -2.89. The van der Waals surface area contributed by atoms with Gasteiger partial charge in [-0.05, 0) is 18.2 Å². The van der Waals surface area contributed by atoms with E-state index in [2.05, 4.69) is 15.0 Å². The zero-order chi connectivity index (χ0) is 13.2. The van der Waals surface area contributed by atoms with Crippen molar-refractivity contribution in [1.82, 2.24) is 15.0 Å². The van der Waals surface area contributed by atoms with Crippen molar-refractivity contribution in [3.8, 4) is 11.5 Å². The van der Waals surface area contributed by atoms with Crippen LogP contribution in [-0.2, 0) is 4.79 Å². The largest absolute Gasteiger partial charge is 0.478 e. The van der Waals surface area contributed by atoms with Gasteiger partial charge in [-0.15, -0.1) is 0 Å². The van der Waals surface area contributed by atoms with Gasteiger partial charge in [0.1, 0.15) is 17.7 Å². The molecule has 0 aliphatic carbocycles. The highest BCUT2D eigenvalue weighted by Gasteiger charge is 2.13. The Morgan fingerprint density at radius 3 is 3.05 bits per heavy atom. The van der Waals surface area contributed by atoms with E-state index in [1.807, 2.05) is 0 Å². The van der Waals surface area contributed by atoms with E-state index in [0.29, 0.717) is 22.7 Å². The molecule has 0 spiro atoms. The molecular weight excluding hydrogens is 246 g/mol. The zero-order valence-corrected chi connectivity index (χ0v) is 9.70. The van der Waals surface area contributed by atoms with Crippen molar-refractivity contribution in [2.24, 2.45) is 0 Å². The van der Waals surface area contributed by atoms with Gasteiger partial charge in [-0.25, -0.2) is 14.8 Å². The fourth-order valence-corrected chi connectivity index (χ4v) is 1.88. The molecule has 0 aliphatic heterocycles. The second-order valence-electron chi connectivity index (χ2n) is 3.84. The monoisotopic (exact) mass is 255 g/mol. The van der Waals surface area contributed by atoms with E-state index in [0.717, 1.165) is 11.5 Å². The molecule has 0 aliphatic rings. The Balaban J connectivity index is 2.23. The highest BCUT2D eigenvalue weighted by molar-refractivity contribution is 5.98. The lowest BCUT2D eigenvalue weighted by Gasteiger charge is -1.99. The van der Waals surface area contributed by atoms with Crippen molar-refractivity contribution in [2.75, 3.05) is 0 Å². The normalized spacial score (nSPS) is 11.4. The van der Waals surface area contributed by atoms with Crippen LogP contribution in [0.3, 0.4) is 0 Å². The minimum Gasteiger partial charge on any atom is -0.478 e. The van der Waals surface area contributed by atoms with Crippen LogP contribution >= 0.6 is 0 Å². The summed E-state index contributed by atoms with van der Waals surface area (Å²) in [4.78, 5) is 21.9. The number of fused-ring (bicyclic) bond motifs is 1. The predicted octanol–water partition coefficient (Wildman–Crippen LogP) is 2.32. The SMILES string of the molecule is O=C(O)/C=C/c1c[nH]c2ncnc(-c3ccco3)c12. The third-order valence-electron chi connectivity index (χ3n) is 2.66. The number of hydrogen-bond acceptors (Lipinski definition) is 4. The average Bonchev–Trinajstić information content (AvgIpc) is 3.05. The van der Waals surface area contributed by atoms with Gasteiger partial charge in [0, 0.05) is 17.8 Å². The predicted molar refractivity (Wildman–Crippen MR) is 68.3 cm³/mol. The minimum atomic E-state index is -1.01. The number of nitrogens with one attached hydrogen (secondary N) is 1. The number of furan rings is 1. The number of nitrogens with zero attached hydrogens (tertiary/aromatic N) is 2. The number of carboxylic acid groups (broad SMARTS) is 1. The van der Waals surface area contributed by atoms with Crippen LogP contribution in [0.2, 0.25) is 0 Å². The van der Waals surface area contributed by atoms with Crippen LogP contribution in [0.4, 0.5) is 0 Å². The van der Waals surface area contributed by atoms with Gasteiger partial charge in [-0.1, -0.05) is 0 Å². The van der Waals surface area contributed by atoms with Crippen LogP contribution in [0.1, 0.15) is 5.56 Å². The molecule has 2 N–H and O–H groups in total. The maximum absolute atomic E-state index is 10.6. The van der Waals surface area contributed by atoms with Gasteiger partial charge in [-0.2, -0.15) is 0 Å². The standard InChI is InChI=1S/C13H9N3O3/c17-10(18)4-3-8-6-14-13-11(8)12(15-7-16-13)9-2-1-5-19-9/h1-7H,(H,17,18)(H,14,15,16)/b4-3+. The summed E-state index contributed by atoms with van der Waals surface area (Å²) < 4.78 is 5.33. The molecule has 3 aromatic heterocycles. The number of aliphatic carboxylic acids is 1. The fraction of sp³-hybridized carbons (Fsp3) is 0. The van der Waals surface area contributed by atoms with Crippen molar-refractivity contribution in [1.29, 1.82) is 0 Å². The Morgan fingerprint density at radius 2 is 2.32 bits per heavy atom. The van der Waals surface area contributed by atoms with Crippen molar-refractivity contribution < 1.29 is 14.3 Å². The molecule has 3 heterocycles. The summed E-state index contributed by atoms with van der Waals surface area (Å²) in [7, 11) is 0. The lowest BCUT2D eigenvalue weighted by Crippen LogP contribution is -1.88. The van der Waals surface area contributed by atoms with E-state index in [4.69, 9.17) is 9.52 Å². The van der Waals surface area contributed by atoms with Gasteiger partial charge in [0.25, 0.3) is 0 Å². The van der Waals surface area contributed by atoms with Crippen LogP contribution in [0.15, 0.2) is 41.4 Å². The molecule has 0 fully saturated rings. The van der Waals surface area contributed by atoms with Gasteiger partial charge < -0.3 is 14.5 Å². The molecule has 0 unspecified atom stereocenters. The quantitative estimate of drug-likeness (QED) is 0.700. The van der Waals surface area contributed by atoms with E-state index < -0.39 is 5.97 Å². The number of carboxylic acids is 1. The van der Waals surface area contributed by atoms with E-state index in [1.54, 1.807) is 24.6 Å². The topological polar surface area (TPSA) is 92.0 Å². The Labute approximate surface area is 107 Å². The average molecular weight is 255 g/mol. The highest BCUT2D eigenvalue weighted by Crippen LogP contribution is 2.28. The summed E-state index contributed by atoms with van der Waals surface area (Å²) in [6, 6.07) is 3.56. The smallest absolute Gasteiger partial charge is 0.328 e. The maximum Gasteiger partial charge on any atom is 0.328 e. The van der Waals surface area contributed by atoms with E-state index in [9.17, 15) is 4.79 Å².